The van der Waals surface area contributed by atoms with Crippen molar-refractivity contribution >= 4 is 0 Å². The van der Waals surface area contributed by atoms with Crippen molar-refractivity contribution in [3.05, 3.63) is 65.0 Å². The molecule has 1 heteroatoms. The number of rotatable bonds is 5. The molecule has 18 heavy (non-hydrogen) atoms. The van der Waals surface area contributed by atoms with Crippen LogP contribution in [0.15, 0.2) is 42.7 Å². The van der Waals surface area contributed by atoms with Crippen LogP contribution in [0.2, 0.25) is 0 Å². The molecule has 0 aliphatic carbocycles. The summed E-state index contributed by atoms with van der Waals surface area (Å²) >= 11 is 0. The number of benzene rings is 1. The number of hydrogen-bond donors (Lipinski definition) is 0. The van der Waals surface area contributed by atoms with E-state index in [0.717, 1.165) is 6.42 Å². The number of pyridine rings is 1. The molecule has 2 rings (SSSR count). The third-order valence-electron chi connectivity index (χ3n) is 3.18. The van der Waals surface area contributed by atoms with E-state index >= 15 is 0 Å². The Kier molecular flexibility index (Phi) is 4.52. The van der Waals surface area contributed by atoms with Crippen molar-refractivity contribution in [2.45, 2.75) is 39.5 Å². The molecular formula is C17H21N. The smallest absolute Gasteiger partial charge is 0.0303 e. The first kappa shape index (κ1) is 12.8. The van der Waals surface area contributed by atoms with Crippen LogP contribution in [0, 0.1) is 6.92 Å². The largest absolute Gasteiger partial charge is 0.264 e. The molecule has 0 aliphatic heterocycles. The average Bonchev–Trinajstić information content (AvgIpc) is 2.38. The SMILES string of the molecule is CCCCc1ccc(Cc2cncc(C)c2)cc1. The first-order chi connectivity index (χ1) is 8.78. The van der Waals surface area contributed by atoms with E-state index < -0.39 is 0 Å². The van der Waals surface area contributed by atoms with Crippen molar-refractivity contribution in [2.24, 2.45) is 0 Å². The Morgan fingerprint density at radius 2 is 1.67 bits per heavy atom. The van der Waals surface area contributed by atoms with Crippen LogP contribution < -0.4 is 0 Å². The van der Waals surface area contributed by atoms with Crippen LogP contribution in [-0.2, 0) is 12.8 Å². The van der Waals surface area contributed by atoms with Crippen LogP contribution >= 0.6 is 0 Å². The molecule has 0 aliphatic rings. The van der Waals surface area contributed by atoms with E-state index in [4.69, 9.17) is 0 Å². The molecular weight excluding hydrogens is 218 g/mol. The monoisotopic (exact) mass is 239 g/mol. The maximum Gasteiger partial charge on any atom is 0.0303 e. The van der Waals surface area contributed by atoms with Crippen LogP contribution in [0.3, 0.4) is 0 Å². The van der Waals surface area contributed by atoms with E-state index in [1.807, 2.05) is 12.4 Å². The molecule has 0 saturated carbocycles. The predicted octanol–water partition coefficient (Wildman–Crippen LogP) is 4.32. The molecule has 0 spiro atoms. The van der Waals surface area contributed by atoms with Gasteiger partial charge in [0.05, 0.1) is 0 Å². The predicted molar refractivity (Wildman–Crippen MR) is 76.8 cm³/mol. The summed E-state index contributed by atoms with van der Waals surface area (Å²) in [5.41, 5.74) is 5.33. The third-order valence-corrected chi connectivity index (χ3v) is 3.18. The first-order valence-corrected chi connectivity index (χ1v) is 6.76. The zero-order valence-electron chi connectivity index (χ0n) is 11.3. The van der Waals surface area contributed by atoms with E-state index in [2.05, 4.69) is 49.2 Å². The zero-order chi connectivity index (χ0) is 12.8. The Bertz CT molecular complexity index is 485. The van der Waals surface area contributed by atoms with Crippen molar-refractivity contribution in [3.63, 3.8) is 0 Å². The summed E-state index contributed by atoms with van der Waals surface area (Å²) in [4.78, 5) is 4.24. The van der Waals surface area contributed by atoms with Gasteiger partial charge < -0.3 is 0 Å². The molecule has 0 unspecified atom stereocenters. The van der Waals surface area contributed by atoms with Crippen LogP contribution in [0.1, 0.15) is 42.0 Å². The van der Waals surface area contributed by atoms with E-state index in [-0.39, 0.29) is 0 Å². The number of aromatic nitrogens is 1. The van der Waals surface area contributed by atoms with Crippen LogP contribution in [0.5, 0.6) is 0 Å². The first-order valence-electron chi connectivity index (χ1n) is 6.76. The minimum atomic E-state index is 0.975. The number of unbranched alkanes of at least 4 members (excludes halogenated alkanes) is 1. The second kappa shape index (κ2) is 6.34. The van der Waals surface area contributed by atoms with Gasteiger partial charge in [-0.2, -0.15) is 0 Å². The minimum absolute atomic E-state index is 0.975. The summed E-state index contributed by atoms with van der Waals surface area (Å²) in [6.45, 7) is 4.32. The van der Waals surface area contributed by atoms with Gasteiger partial charge in [-0.3, -0.25) is 4.98 Å². The Morgan fingerprint density at radius 1 is 0.944 bits per heavy atom. The molecule has 1 nitrogen and oxygen atoms in total. The highest BCUT2D eigenvalue weighted by Crippen LogP contribution is 2.12. The van der Waals surface area contributed by atoms with Crippen molar-refractivity contribution in [3.8, 4) is 0 Å². The van der Waals surface area contributed by atoms with E-state index in [9.17, 15) is 0 Å². The Morgan fingerprint density at radius 3 is 2.33 bits per heavy atom. The summed E-state index contributed by atoms with van der Waals surface area (Å²) in [5.74, 6) is 0. The van der Waals surface area contributed by atoms with Crippen LogP contribution in [0.4, 0.5) is 0 Å². The summed E-state index contributed by atoms with van der Waals surface area (Å²) in [5, 5.41) is 0. The molecule has 0 N–H and O–H groups in total. The molecule has 2 aromatic rings. The van der Waals surface area contributed by atoms with Gasteiger partial charge in [0, 0.05) is 12.4 Å². The van der Waals surface area contributed by atoms with E-state index in [1.54, 1.807) is 0 Å². The minimum Gasteiger partial charge on any atom is -0.264 e. The molecule has 0 bridgehead atoms. The molecule has 0 saturated heterocycles. The summed E-state index contributed by atoms with van der Waals surface area (Å²) in [6.07, 6.45) is 8.57. The van der Waals surface area contributed by atoms with Gasteiger partial charge in [-0.1, -0.05) is 43.7 Å². The fourth-order valence-electron chi connectivity index (χ4n) is 2.15. The average molecular weight is 239 g/mol. The van der Waals surface area contributed by atoms with E-state index in [0.29, 0.717) is 0 Å². The quantitative estimate of drug-likeness (QED) is 0.757. The molecule has 0 radical (unpaired) electrons. The van der Waals surface area contributed by atoms with E-state index in [1.165, 1.54) is 41.5 Å². The highest BCUT2D eigenvalue weighted by molar-refractivity contribution is 5.28. The Balaban J connectivity index is 2.02. The molecule has 1 aromatic carbocycles. The second-order valence-electron chi connectivity index (χ2n) is 4.97. The third kappa shape index (κ3) is 3.69. The van der Waals surface area contributed by atoms with Crippen molar-refractivity contribution in [1.82, 2.24) is 4.98 Å². The molecule has 1 aromatic heterocycles. The summed E-state index contributed by atoms with van der Waals surface area (Å²) < 4.78 is 0. The fourth-order valence-corrected chi connectivity index (χ4v) is 2.15. The number of aryl methyl sites for hydroxylation is 2. The lowest BCUT2D eigenvalue weighted by Gasteiger charge is -2.05. The highest BCUT2D eigenvalue weighted by atomic mass is 14.6. The van der Waals surface area contributed by atoms with Crippen molar-refractivity contribution < 1.29 is 0 Å². The maximum absolute atomic E-state index is 4.24. The van der Waals surface area contributed by atoms with Crippen LogP contribution in [0.25, 0.3) is 0 Å². The van der Waals surface area contributed by atoms with Crippen molar-refractivity contribution in [2.75, 3.05) is 0 Å². The molecule has 1 heterocycles. The van der Waals surface area contributed by atoms with Crippen molar-refractivity contribution in [1.29, 1.82) is 0 Å². The zero-order valence-corrected chi connectivity index (χ0v) is 11.3. The number of hydrogen-bond acceptors (Lipinski definition) is 1. The van der Waals surface area contributed by atoms with Gasteiger partial charge >= 0.3 is 0 Å². The van der Waals surface area contributed by atoms with Gasteiger partial charge in [-0.05, 0) is 48.4 Å². The van der Waals surface area contributed by atoms with Gasteiger partial charge in [0.25, 0.3) is 0 Å². The molecule has 0 atom stereocenters. The molecule has 0 amide bonds. The van der Waals surface area contributed by atoms with Gasteiger partial charge in [-0.25, -0.2) is 0 Å². The van der Waals surface area contributed by atoms with Gasteiger partial charge in [0.1, 0.15) is 0 Å². The number of nitrogens with zero attached hydrogens (tertiary/aromatic N) is 1. The normalized spacial score (nSPS) is 10.6. The van der Waals surface area contributed by atoms with Gasteiger partial charge in [-0.15, -0.1) is 0 Å². The highest BCUT2D eigenvalue weighted by Gasteiger charge is 1.98. The summed E-state index contributed by atoms with van der Waals surface area (Å²) in [7, 11) is 0. The lowest BCUT2D eigenvalue weighted by Crippen LogP contribution is -1.91. The fraction of sp³-hybridized carbons (Fsp3) is 0.353. The second-order valence-corrected chi connectivity index (χ2v) is 4.97. The van der Waals surface area contributed by atoms with Crippen LogP contribution in [-0.4, -0.2) is 4.98 Å². The Labute approximate surface area is 110 Å². The topological polar surface area (TPSA) is 12.9 Å². The lowest BCUT2D eigenvalue weighted by atomic mass is 10.0. The standard InChI is InChI=1S/C17H21N/c1-3-4-5-15-6-8-16(9-7-15)11-17-10-14(2)12-18-13-17/h6-10,12-13H,3-5,11H2,1-2H3. The lowest BCUT2D eigenvalue weighted by molar-refractivity contribution is 0.795. The summed E-state index contributed by atoms with van der Waals surface area (Å²) in [6, 6.07) is 11.2. The molecule has 0 fully saturated rings. The van der Waals surface area contributed by atoms with Gasteiger partial charge in [0.2, 0.25) is 0 Å². The Hall–Kier alpha value is -1.63. The van der Waals surface area contributed by atoms with Gasteiger partial charge in [0.15, 0.2) is 0 Å². The maximum atomic E-state index is 4.24. The molecule has 94 valence electrons.